The van der Waals surface area contributed by atoms with Gasteiger partial charge < -0.3 is 10.4 Å². The fourth-order valence-electron chi connectivity index (χ4n) is 1.31. The number of hydrogen-bond donors (Lipinski definition) is 2. The van der Waals surface area contributed by atoms with Gasteiger partial charge in [0.25, 0.3) is 0 Å². The van der Waals surface area contributed by atoms with Crippen LogP contribution >= 0.6 is 23.2 Å². The molecule has 0 saturated carbocycles. The number of rotatable bonds is 4. The predicted octanol–water partition coefficient (Wildman–Crippen LogP) is 3.02. The van der Waals surface area contributed by atoms with Crippen molar-refractivity contribution >= 4 is 23.2 Å². The van der Waals surface area contributed by atoms with E-state index in [0.29, 0.717) is 16.6 Å². The van der Waals surface area contributed by atoms with Gasteiger partial charge in [-0.05, 0) is 31.5 Å². The summed E-state index contributed by atoms with van der Waals surface area (Å²) in [5.41, 5.74) is 0.988. The number of hydrogen-bond acceptors (Lipinski definition) is 2. The van der Waals surface area contributed by atoms with E-state index in [2.05, 4.69) is 5.32 Å². The van der Waals surface area contributed by atoms with Crippen LogP contribution in [0.15, 0.2) is 18.2 Å². The number of benzene rings is 1. The van der Waals surface area contributed by atoms with Crippen molar-refractivity contribution in [3.8, 4) is 0 Å². The third-order valence-corrected chi connectivity index (χ3v) is 2.71. The molecule has 4 heteroatoms. The Bertz CT molecular complexity index is 328. The van der Waals surface area contributed by atoms with Gasteiger partial charge in [0.05, 0.1) is 6.10 Å². The summed E-state index contributed by atoms with van der Waals surface area (Å²) in [5.74, 6) is 0. The minimum absolute atomic E-state index is 0.101. The second-order valence-electron chi connectivity index (χ2n) is 3.64. The Morgan fingerprint density at radius 2 is 2.00 bits per heavy atom. The molecule has 2 atom stereocenters. The van der Waals surface area contributed by atoms with Crippen molar-refractivity contribution in [1.82, 2.24) is 5.32 Å². The van der Waals surface area contributed by atoms with Crippen LogP contribution in [-0.2, 0) is 0 Å². The normalized spacial score (nSPS) is 15.0. The van der Waals surface area contributed by atoms with Gasteiger partial charge in [-0.1, -0.05) is 29.3 Å². The first-order chi connectivity index (χ1) is 7.00. The summed E-state index contributed by atoms with van der Waals surface area (Å²) in [6.07, 6.45) is -0.362. The minimum Gasteiger partial charge on any atom is -0.392 e. The van der Waals surface area contributed by atoms with Gasteiger partial charge in [-0.15, -0.1) is 0 Å². The van der Waals surface area contributed by atoms with Crippen molar-refractivity contribution in [2.45, 2.75) is 26.0 Å². The summed E-state index contributed by atoms with van der Waals surface area (Å²) < 4.78 is 0. The highest BCUT2D eigenvalue weighted by Crippen LogP contribution is 2.25. The lowest BCUT2D eigenvalue weighted by atomic mass is 10.1. The standard InChI is InChI=1S/C11H15Cl2NO/c1-7(15)6-14-8(2)10-4-3-9(12)5-11(10)13/h3-5,7-8,14-15H,6H2,1-2H3/t7-,8-/m1/s1. The lowest BCUT2D eigenvalue weighted by molar-refractivity contribution is 0.187. The van der Waals surface area contributed by atoms with E-state index in [1.807, 2.05) is 19.1 Å². The lowest BCUT2D eigenvalue weighted by Gasteiger charge is -2.16. The zero-order valence-electron chi connectivity index (χ0n) is 8.80. The molecule has 1 aromatic carbocycles. The predicted molar refractivity (Wildman–Crippen MR) is 64.6 cm³/mol. The summed E-state index contributed by atoms with van der Waals surface area (Å²) in [6, 6.07) is 5.52. The van der Waals surface area contributed by atoms with Crippen LogP contribution in [0.1, 0.15) is 25.5 Å². The fourth-order valence-corrected chi connectivity index (χ4v) is 1.88. The quantitative estimate of drug-likeness (QED) is 0.858. The third kappa shape index (κ3) is 3.99. The molecular weight excluding hydrogens is 233 g/mol. The van der Waals surface area contributed by atoms with Crippen LogP contribution in [0.4, 0.5) is 0 Å². The average Bonchev–Trinajstić information content (AvgIpc) is 2.14. The average molecular weight is 248 g/mol. The van der Waals surface area contributed by atoms with Crippen molar-refractivity contribution in [1.29, 1.82) is 0 Å². The van der Waals surface area contributed by atoms with E-state index in [1.165, 1.54) is 0 Å². The molecule has 0 aliphatic carbocycles. The van der Waals surface area contributed by atoms with E-state index in [4.69, 9.17) is 28.3 Å². The van der Waals surface area contributed by atoms with Crippen molar-refractivity contribution in [3.63, 3.8) is 0 Å². The van der Waals surface area contributed by atoms with Crippen LogP contribution in [-0.4, -0.2) is 17.8 Å². The molecule has 2 N–H and O–H groups in total. The van der Waals surface area contributed by atoms with E-state index in [1.54, 1.807) is 13.0 Å². The zero-order chi connectivity index (χ0) is 11.4. The van der Waals surface area contributed by atoms with Gasteiger partial charge in [-0.3, -0.25) is 0 Å². The number of halogens is 2. The zero-order valence-corrected chi connectivity index (χ0v) is 10.3. The molecule has 0 fully saturated rings. The highest BCUT2D eigenvalue weighted by atomic mass is 35.5. The van der Waals surface area contributed by atoms with Gasteiger partial charge >= 0.3 is 0 Å². The molecule has 1 aromatic rings. The molecule has 1 rings (SSSR count). The van der Waals surface area contributed by atoms with Crippen LogP contribution in [0.2, 0.25) is 10.0 Å². The van der Waals surface area contributed by atoms with Crippen molar-refractivity contribution in [2.24, 2.45) is 0 Å². The number of nitrogens with one attached hydrogen (secondary N) is 1. The molecule has 0 unspecified atom stereocenters. The Labute approximate surface area is 100 Å². The highest BCUT2D eigenvalue weighted by molar-refractivity contribution is 6.35. The van der Waals surface area contributed by atoms with Crippen molar-refractivity contribution in [3.05, 3.63) is 33.8 Å². The third-order valence-electron chi connectivity index (χ3n) is 2.15. The van der Waals surface area contributed by atoms with E-state index < -0.39 is 0 Å². The van der Waals surface area contributed by atoms with E-state index in [-0.39, 0.29) is 12.1 Å². The van der Waals surface area contributed by atoms with Gasteiger partial charge in [0.1, 0.15) is 0 Å². The Hall–Kier alpha value is -0.280. The van der Waals surface area contributed by atoms with Crippen LogP contribution in [0.5, 0.6) is 0 Å². The summed E-state index contributed by atoms with van der Waals surface area (Å²) in [4.78, 5) is 0. The summed E-state index contributed by atoms with van der Waals surface area (Å²) in [6.45, 7) is 4.28. The van der Waals surface area contributed by atoms with Crippen LogP contribution < -0.4 is 5.32 Å². The molecule has 0 amide bonds. The van der Waals surface area contributed by atoms with Crippen LogP contribution in [0.25, 0.3) is 0 Å². The molecule has 0 aliphatic rings. The Kier molecular flexibility index (Phi) is 4.87. The second kappa shape index (κ2) is 5.71. The van der Waals surface area contributed by atoms with Gasteiger partial charge in [-0.25, -0.2) is 0 Å². The highest BCUT2D eigenvalue weighted by Gasteiger charge is 2.09. The molecule has 0 aromatic heterocycles. The van der Waals surface area contributed by atoms with Crippen molar-refractivity contribution in [2.75, 3.05) is 6.54 Å². The minimum atomic E-state index is -0.362. The molecule has 0 aliphatic heterocycles. The monoisotopic (exact) mass is 247 g/mol. The molecule has 0 radical (unpaired) electrons. The first kappa shape index (κ1) is 12.8. The molecule has 0 heterocycles. The van der Waals surface area contributed by atoms with Gasteiger partial charge in [0.15, 0.2) is 0 Å². The molecule has 0 spiro atoms. The van der Waals surface area contributed by atoms with E-state index >= 15 is 0 Å². The first-order valence-electron chi connectivity index (χ1n) is 4.87. The smallest absolute Gasteiger partial charge is 0.0636 e. The van der Waals surface area contributed by atoms with Crippen LogP contribution in [0.3, 0.4) is 0 Å². The van der Waals surface area contributed by atoms with Gasteiger partial charge in [0, 0.05) is 22.6 Å². The first-order valence-corrected chi connectivity index (χ1v) is 5.62. The maximum atomic E-state index is 9.14. The van der Waals surface area contributed by atoms with E-state index in [9.17, 15) is 0 Å². The summed E-state index contributed by atoms with van der Waals surface area (Å²) in [5, 5.41) is 13.6. The Morgan fingerprint density at radius 3 is 2.53 bits per heavy atom. The van der Waals surface area contributed by atoms with Gasteiger partial charge in [-0.2, -0.15) is 0 Å². The maximum Gasteiger partial charge on any atom is 0.0636 e. The molecular formula is C11H15Cl2NO. The molecule has 0 saturated heterocycles. The largest absolute Gasteiger partial charge is 0.392 e. The lowest BCUT2D eigenvalue weighted by Crippen LogP contribution is -2.27. The summed E-state index contributed by atoms with van der Waals surface area (Å²) >= 11 is 11.9. The Balaban J connectivity index is 2.69. The van der Waals surface area contributed by atoms with Gasteiger partial charge in [0.2, 0.25) is 0 Å². The molecule has 84 valence electrons. The number of aliphatic hydroxyl groups is 1. The molecule has 15 heavy (non-hydrogen) atoms. The second-order valence-corrected chi connectivity index (χ2v) is 4.49. The van der Waals surface area contributed by atoms with E-state index in [0.717, 1.165) is 5.56 Å². The maximum absolute atomic E-state index is 9.14. The Morgan fingerprint density at radius 1 is 1.33 bits per heavy atom. The summed E-state index contributed by atoms with van der Waals surface area (Å²) in [7, 11) is 0. The van der Waals surface area contributed by atoms with Crippen LogP contribution in [0, 0.1) is 0 Å². The topological polar surface area (TPSA) is 32.3 Å². The fraction of sp³-hybridized carbons (Fsp3) is 0.455. The molecule has 2 nitrogen and oxygen atoms in total. The molecule has 0 bridgehead atoms. The van der Waals surface area contributed by atoms with Crippen molar-refractivity contribution < 1.29 is 5.11 Å². The number of aliphatic hydroxyl groups excluding tert-OH is 1. The SMILES string of the molecule is C[C@@H](O)CN[C@H](C)c1ccc(Cl)cc1Cl.